The van der Waals surface area contributed by atoms with Crippen molar-refractivity contribution in [1.82, 2.24) is 0 Å². The van der Waals surface area contributed by atoms with E-state index in [1.54, 1.807) is 30.3 Å². The molecule has 0 aliphatic carbocycles. The van der Waals surface area contributed by atoms with Gasteiger partial charge in [-0.2, -0.15) is 0 Å². The molecule has 0 unspecified atom stereocenters. The molecule has 0 amide bonds. The van der Waals surface area contributed by atoms with Crippen molar-refractivity contribution in [2.75, 3.05) is 0 Å². The van der Waals surface area contributed by atoms with Crippen LogP contribution in [0.1, 0.15) is 16.8 Å². The van der Waals surface area contributed by atoms with Gasteiger partial charge in [0.25, 0.3) is 0 Å². The average molecular weight is 193 g/mol. The van der Waals surface area contributed by atoms with E-state index in [1.165, 1.54) is 0 Å². The van der Waals surface area contributed by atoms with Crippen LogP contribution in [0, 0.1) is 0 Å². The third-order valence-corrected chi connectivity index (χ3v) is 1.75. The van der Waals surface area contributed by atoms with E-state index in [9.17, 15) is 14.7 Å². The fourth-order valence-electron chi connectivity index (χ4n) is 1.00. The molecule has 1 rings (SSSR count). The summed E-state index contributed by atoms with van der Waals surface area (Å²) >= 11 is 0. The van der Waals surface area contributed by atoms with Crippen molar-refractivity contribution in [3.8, 4) is 0 Å². The van der Waals surface area contributed by atoms with Crippen molar-refractivity contribution in [3.05, 3.63) is 35.9 Å². The summed E-state index contributed by atoms with van der Waals surface area (Å²) in [5.74, 6) is -2.04. The lowest BCUT2D eigenvalue weighted by molar-refractivity contribution is -0.314. The number of rotatable bonds is 4. The molecule has 0 aliphatic rings. The normalized spacial score (nSPS) is 12.1. The first-order chi connectivity index (χ1) is 6.61. The van der Waals surface area contributed by atoms with Crippen molar-refractivity contribution < 1.29 is 19.8 Å². The maximum Gasteiger partial charge on any atom is 0.165 e. The van der Waals surface area contributed by atoms with Crippen molar-refractivity contribution in [3.63, 3.8) is 0 Å². The average Bonchev–Trinajstić information content (AvgIpc) is 2.19. The number of Topliss-reactive ketones (excluding diaryl/α,β-unsaturated/α-hetero) is 1. The fraction of sp³-hybridized carbons (Fsp3) is 0.200. The molecule has 1 aromatic carbocycles. The van der Waals surface area contributed by atoms with Crippen LogP contribution in [-0.4, -0.2) is 23.0 Å². The van der Waals surface area contributed by atoms with Crippen molar-refractivity contribution in [1.29, 1.82) is 0 Å². The summed E-state index contributed by atoms with van der Waals surface area (Å²) in [6, 6.07) is 8.19. The number of hydrogen-bond acceptors (Lipinski definition) is 4. The monoisotopic (exact) mass is 193 g/mol. The largest absolute Gasteiger partial charge is 0.547 e. The summed E-state index contributed by atoms with van der Waals surface area (Å²) in [7, 11) is 0. The second-order valence-electron chi connectivity index (χ2n) is 2.83. The molecule has 4 nitrogen and oxygen atoms in total. The van der Waals surface area contributed by atoms with Crippen LogP contribution in [-0.2, 0) is 4.79 Å². The van der Waals surface area contributed by atoms with Gasteiger partial charge in [0.1, 0.15) is 6.10 Å². The number of carboxylic acids is 1. The van der Waals surface area contributed by atoms with E-state index in [2.05, 4.69) is 0 Å². The Kier molecular flexibility index (Phi) is 3.36. The number of aliphatic carboxylic acids is 1. The van der Waals surface area contributed by atoms with Crippen LogP contribution in [0.15, 0.2) is 30.3 Å². The van der Waals surface area contributed by atoms with E-state index in [0.717, 1.165) is 0 Å². The molecule has 0 saturated carbocycles. The van der Waals surface area contributed by atoms with Crippen LogP contribution >= 0.6 is 0 Å². The molecule has 1 aromatic rings. The van der Waals surface area contributed by atoms with Gasteiger partial charge in [0.2, 0.25) is 0 Å². The summed E-state index contributed by atoms with van der Waals surface area (Å²) in [5, 5.41) is 19.0. The van der Waals surface area contributed by atoms with Crippen LogP contribution < -0.4 is 5.11 Å². The van der Waals surface area contributed by atoms with E-state index < -0.39 is 24.3 Å². The number of carbonyl (C=O) groups is 2. The number of ketones is 1. The molecule has 0 aromatic heterocycles. The topological polar surface area (TPSA) is 77.4 Å². The fourth-order valence-corrected chi connectivity index (χ4v) is 1.00. The molecule has 0 spiro atoms. The van der Waals surface area contributed by atoms with Gasteiger partial charge in [0.05, 0.1) is 5.97 Å². The SMILES string of the molecule is O=C(C[C@H](O)C(=O)[O-])c1ccccc1. The first kappa shape index (κ1) is 10.4. The van der Waals surface area contributed by atoms with Crippen LogP contribution in [0.4, 0.5) is 0 Å². The molecule has 14 heavy (non-hydrogen) atoms. The predicted molar refractivity (Wildman–Crippen MR) is 46.4 cm³/mol. The summed E-state index contributed by atoms with van der Waals surface area (Å²) in [5.41, 5.74) is 0.382. The standard InChI is InChI=1S/C10H10O4/c11-8(6-9(12)10(13)14)7-4-2-1-3-5-7/h1-5,9,12H,6H2,(H,13,14)/p-1/t9-/m0/s1. The molecular weight excluding hydrogens is 184 g/mol. The Morgan fingerprint density at radius 3 is 2.36 bits per heavy atom. The third kappa shape index (κ3) is 2.67. The zero-order valence-corrected chi connectivity index (χ0v) is 7.34. The zero-order chi connectivity index (χ0) is 10.6. The third-order valence-electron chi connectivity index (χ3n) is 1.75. The molecule has 0 saturated heterocycles. The van der Waals surface area contributed by atoms with Crippen LogP contribution in [0.2, 0.25) is 0 Å². The highest BCUT2D eigenvalue weighted by atomic mass is 16.4. The van der Waals surface area contributed by atoms with E-state index >= 15 is 0 Å². The second kappa shape index (κ2) is 4.53. The van der Waals surface area contributed by atoms with E-state index in [4.69, 9.17) is 5.11 Å². The smallest absolute Gasteiger partial charge is 0.165 e. The Labute approximate surface area is 80.8 Å². The molecule has 1 atom stereocenters. The minimum Gasteiger partial charge on any atom is -0.547 e. The number of benzene rings is 1. The lowest BCUT2D eigenvalue weighted by Crippen LogP contribution is -2.36. The van der Waals surface area contributed by atoms with Gasteiger partial charge in [-0.05, 0) is 0 Å². The van der Waals surface area contributed by atoms with Gasteiger partial charge >= 0.3 is 0 Å². The highest BCUT2D eigenvalue weighted by Gasteiger charge is 2.12. The maximum atomic E-state index is 11.3. The van der Waals surface area contributed by atoms with Crippen LogP contribution in [0.5, 0.6) is 0 Å². The van der Waals surface area contributed by atoms with Gasteiger partial charge in [0, 0.05) is 12.0 Å². The Balaban J connectivity index is 2.64. The molecule has 74 valence electrons. The highest BCUT2D eigenvalue weighted by Crippen LogP contribution is 2.04. The Hall–Kier alpha value is -1.68. The number of aliphatic hydroxyl groups is 1. The Morgan fingerprint density at radius 1 is 1.29 bits per heavy atom. The molecule has 0 radical (unpaired) electrons. The van der Waals surface area contributed by atoms with Gasteiger partial charge in [-0.15, -0.1) is 0 Å². The zero-order valence-electron chi connectivity index (χ0n) is 7.34. The van der Waals surface area contributed by atoms with Gasteiger partial charge in [0.15, 0.2) is 5.78 Å². The molecule has 4 heteroatoms. The highest BCUT2D eigenvalue weighted by molar-refractivity contribution is 5.98. The number of hydrogen-bond donors (Lipinski definition) is 1. The van der Waals surface area contributed by atoms with Crippen molar-refractivity contribution >= 4 is 11.8 Å². The van der Waals surface area contributed by atoms with Crippen molar-refractivity contribution in [2.45, 2.75) is 12.5 Å². The Morgan fingerprint density at radius 2 is 1.86 bits per heavy atom. The summed E-state index contributed by atoms with van der Waals surface area (Å²) in [6.45, 7) is 0. The molecule has 0 aliphatic heterocycles. The molecule has 0 heterocycles. The lowest BCUT2D eigenvalue weighted by Gasteiger charge is -2.09. The van der Waals surface area contributed by atoms with Crippen LogP contribution in [0.25, 0.3) is 0 Å². The van der Waals surface area contributed by atoms with Gasteiger partial charge in [-0.25, -0.2) is 0 Å². The quantitative estimate of drug-likeness (QED) is 0.646. The predicted octanol–water partition coefficient (Wildman–Crippen LogP) is -0.630. The first-order valence-corrected chi connectivity index (χ1v) is 4.08. The van der Waals surface area contributed by atoms with E-state index in [-0.39, 0.29) is 0 Å². The van der Waals surface area contributed by atoms with Crippen LogP contribution in [0.3, 0.4) is 0 Å². The number of aliphatic hydroxyl groups excluding tert-OH is 1. The number of carbonyl (C=O) groups excluding carboxylic acids is 2. The van der Waals surface area contributed by atoms with Gasteiger partial charge in [-0.1, -0.05) is 30.3 Å². The minimum absolute atomic E-state index is 0.382. The lowest BCUT2D eigenvalue weighted by atomic mass is 10.1. The minimum atomic E-state index is -1.73. The summed E-state index contributed by atoms with van der Waals surface area (Å²) < 4.78 is 0. The molecule has 0 bridgehead atoms. The molecule has 0 fully saturated rings. The molecule has 1 N–H and O–H groups in total. The summed E-state index contributed by atoms with van der Waals surface area (Å²) in [4.78, 5) is 21.5. The second-order valence-corrected chi connectivity index (χ2v) is 2.83. The first-order valence-electron chi connectivity index (χ1n) is 4.08. The van der Waals surface area contributed by atoms with E-state index in [1.807, 2.05) is 0 Å². The number of carboxylic acid groups (broad SMARTS) is 1. The Bertz CT molecular complexity index is 331. The summed E-state index contributed by atoms with van der Waals surface area (Å²) in [6.07, 6.45) is -2.19. The van der Waals surface area contributed by atoms with Crippen molar-refractivity contribution in [2.24, 2.45) is 0 Å². The van der Waals surface area contributed by atoms with Gasteiger partial charge < -0.3 is 15.0 Å². The molecular formula is C10H9O4-. The van der Waals surface area contributed by atoms with Gasteiger partial charge in [-0.3, -0.25) is 4.79 Å². The van der Waals surface area contributed by atoms with E-state index in [0.29, 0.717) is 5.56 Å². The maximum absolute atomic E-state index is 11.3.